The van der Waals surface area contributed by atoms with Crippen LogP contribution in [0.3, 0.4) is 0 Å². The molecule has 2 aromatic carbocycles. The summed E-state index contributed by atoms with van der Waals surface area (Å²) in [6.45, 7) is 9.08. The fourth-order valence-electron chi connectivity index (χ4n) is 3.55. The summed E-state index contributed by atoms with van der Waals surface area (Å²) in [4.78, 5) is 26.5. The molecule has 148 valence electrons. The maximum Gasteiger partial charge on any atom is 0.262 e. The van der Waals surface area contributed by atoms with Crippen LogP contribution in [-0.2, 0) is 22.6 Å². The average molecular weight is 380 g/mol. The molecule has 1 heterocycles. The number of hydrogen-bond donors (Lipinski definition) is 1. The normalized spacial score (nSPS) is 13.2. The highest BCUT2D eigenvalue weighted by molar-refractivity contribution is 5.92. The number of hydrogen-bond acceptors (Lipinski definition) is 3. The maximum absolute atomic E-state index is 12.3. The molecule has 1 aliphatic heterocycles. The second-order valence-corrected chi connectivity index (χ2v) is 7.71. The third-order valence-corrected chi connectivity index (χ3v) is 5.06. The number of anilines is 1. The first-order valence-corrected chi connectivity index (χ1v) is 9.74. The van der Waals surface area contributed by atoms with Crippen LogP contribution in [0.2, 0.25) is 0 Å². The lowest BCUT2D eigenvalue weighted by Gasteiger charge is -2.30. The summed E-state index contributed by atoms with van der Waals surface area (Å²) in [6.07, 6.45) is 0.845. The van der Waals surface area contributed by atoms with Gasteiger partial charge >= 0.3 is 0 Å². The van der Waals surface area contributed by atoms with E-state index < -0.39 is 0 Å². The van der Waals surface area contributed by atoms with Crippen molar-refractivity contribution >= 4 is 17.5 Å². The van der Waals surface area contributed by atoms with Gasteiger partial charge in [-0.05, 0) is 54.7 Å². The summed E-state index contributed by atoms with van der Waals surface area (Å²) in [7, 11) is 0. The first kappa shape index (κ1) is 19.9. The van der Waals surface area contributed by atoms with E-state index in [4.69, 9.17) is 4.74 Å². The second kappa shape index (κ2) is 8.46. The zero-order valence-corrected chi connectivity index (χ0v) is 17.0. The van der Waals surface area contributed by atoms with E-state index >= 15 is 0 Å². The number of nitrogens with one attached hydrogen (secondary N) is 1. The van der Waals surface area contributed by atoms with Crippen molar-refractivity contribution in [2.24, 2.45) is 5.92 Å². The summed E-state index contributed by atoms with van der Waals surface area (Å²) >= 11 is 0. The highest BCUT2D eigenvalue weighted by Gasteiger charge is 2.22. The van der Waals surface area contributed by atoms with Crippen LogP contribution in [0.25, 0.3) is 0 Å². The predicted molar refractivity (Wildman–Crippen MR) is 110 cm³/mol. The fourth-order valence-corrected chi connectivity index (χ4v) is 3.55. The quantitative estimate of drug-likeness (QED) is 0.857. The summed E-state index contributed by atoms with van der Waals surface area (Å²) in [5, 5.41) is 2.90. The first-order valence-electron chi connectivity index (χ1n) is 9.74. The maximum atomic E-state index is 12.3. The topological polar surface area (TPSA) is 58.6 Å². The lowest BCUT2D eigenvalue weighted by Crippen LogP contribution is -2.38. The average Bonchev–Trinajstić information content (AvgIpc) is 2.66. The molecule has 0 atom stereocenters. The lowest BCUT2D eigenvalue weighted by molar-refractivity contribution is -0.135. The van der Waals surface area contributed by atoms with E-state index in [1.807, 2.05) is 69.0 Å². The lowest BCUT2D eigenvalue weighted by atomic mass is 9.98. The summed E-state index contributed by atoms with van der Waals surface area (Å²) in [6, 6.07) is 11.8. The van der Waals surface area contributed by atoms with Crippen LogP contribution < -0.4 is 10.1 Å². The monoisotopic (exact) mass is 380 g/mol. The highest BCUT2D eigenvalue weighted by atomic mass is 16.5. The van der Waals surface area contributed by atoms with Gasteiger partial charge in [-0.15, -0.1) is 0 Å². The van der Waals surface area contributed by atoms with Crippen LogP contribution in [0.5, 0.6) is 5.75 Å². The molecule has 1 N–H and O–H groups in total. The number of carbonyl (C=O) groups excluding carboxylic acids is 2. The summed E-state index contributed by atoms with van der Waals surface area (Å²) in [5.74, 6) is 0.716. The Bertz CT molecular complexity index is 869. The van der Waals surface area contributed by atoms with Crippen LogP contribution >= 0.6 is 0 Å². The van der Waals surface area contributed by atoms with Gasteiger partial charge in [0, 0.05) is 24.7 Å². The molecule has 0 saturated heterocycles. The molecule has 28 heavy (non-hydrogen) atoms. The van der Waals surface area contributed by atoms with Gasteiger partial charge in [-0.3, -0.25) is 9.59 Å². The third kappa shape index (κ3) is 4.53. The molecule has 0 bridgehead atoms. The molecule has 0 saturated carbocycles. The Morgan fingerprint density at radius 3 is 2.50 bits per heavy atom. The molecule has 1 aliphatic rings. The zero-order chi connectivity index (χ0) is 20.3. The van der Waals surface area contributed by atoms with E-state index in [-0.39, 0.29) is 24.3 Å². The molecule has 0 unspecified atom stereocenters. The molecule has 2 amide bonds. The van der Waals surface area contributed by atoms with Gasteiger partial charge in [0.25, 0.3) is 5.91 Å². The number of para-hydroxylation sites is 1. The van der Waals surface area contributed by atoms with Gasteiger partial charge in [0.15, 0.2) is 6.61 Å². The van der Waals surface area contributed by atoms with Gasteiger partial charge in [-0.2, -0.15) is 0 Å². The number of nitrogens with zero attached hydrogens (tertiary/aromatic N) is 1. The van der Waals surface area contributed by atoms with Crippen LogP contribution in [0.4, 0.5) is 5.69 Å². The van der Waals surface area contributed by atoms with E-state index in [0.29, 0.717) is 6.54 Å². The van der Waals surface area contributed by atoms with E-state index in [0.717, 1.165) is 41.1 Å². The van der Waals surface area contributed by atoms with E-state index in [1.54, 1.807) is 0 Å². The molecule has 5 heteroatoms. The van der Waals surface area contributed by atoms with Crippen molar-refractivity contribution in [2.45, 2.75) is 40.7 Å². The van der Waals surface area contributed by atoms with Gasteiger partial charge in [-0.25, -0.2) is 0 Å². The minimum atomic E-state index is -0.200. The highest BCUT2D eigenvalue weighted by Crippen LogP contribution is 2.24. The summed E-state index contributed by atoms with van der Waals surface area (Å²) < 4.78 is 5.72. The molecule has 3 rings (SSSR count). The first-order chi connectivity index (χ1) is 13.3. The Morgan fingerprint density at radius 1 is 1.11 bits per heavy atom. The van der Waals surface area contributed by atoms with Crippen molar-refractivity contribution in [1.82, 2.24) is 4.90 Å². The van der Waals surface area contributed by atoms with Crippen molar-refractivity contribution in [3.63, 3.8) is 0 Å². The number of ether oxygens (including phenoxy) is 1. The van der Waals surface area contributed by atoms with Gasteiger partial charge < -0.3 is 15.0 Å². The Labute approximate surface area is 166 Å². The van der Waals surface area contributed by atoms with Crippen molar-refractivity contribution in [3.8, 4) is 5.75 Å². The molecular weight excluding hydrogens is 352 g/mol. The van der Waals surface area contributed by atoms with E-state index in [9.17, 15) is 9.59 Å². The van der Waals surface area contributed by atoms with Crippen molar-refractivity contribution in [1.29, 1.82) is 0 Å². The summed E-state index contributed by atoms with van der Waals surface area (Å²) in [5.41, 5.74) is 5.08. The molecule has 2 aromatic rings. The minimum Gasteiger partial charge on any atom is -0.483 e. The molecule has 0 fully saturated rings. The Morgan fingerprint density at radius 2 is 1.82 bits per heavy atom. The molecule has 0 spiro atoms. The number of carbonyl (C=O) groups is 2. The van der Waals surface area contributed by atoms with Gasteiger partial charge in [0.05, 0.1) is 0 Å². The van der Waals surface area contributed by atoms with Crippen molar-refractivity contribution in [2.75, 3.05) is 18.5 Å². The van der Waals surface area contributed by atoms with Crippen LogP contribution in [0.15, 0.2) is 36.4 Å². The largest absolute Gasteiger partial charge is 0.483 e. The number of rotatable bonds is 5. The van der Waals surface area contributed by atoms with Crippen molar-refractivity contribution < 1.29 is 14.3 Å². The standard InChI is InChI=1S/C23H28N2O3/c1-15(2)23(27)25-11-10-18-8-9-20(12-19(18)13-25)24-21(26)14-28-22-16(3)6-5-7-17(22)4/h5-9,12,15H,10-11,13-14H2,1-4H3,(H,24,26). The molecule has 5 nitrogen and oxygen atoms in total. The zero-order valence-electron chi connectivity index (χ0n) is 17.0. The Hall–Kier alpha value is -2.82. The van der Waals surface area contributed by atoms with E-state index in [2.05, 4.69) is 5.32 Å². The smallest absolute Gasteiger partial charge is 0.262 e. The molecule has 0 aliphatic carbocycles. The molecular formula is C23H28N2O3. The van der Waals surface area contributed by atoms with Gasteiger partial charge in [0.1, 0.15) is 5.75 Å². The van der Waals surface area contributed by atoms with Crippen LogP contribution in [0, 0.1) is 19.8 Å². The Balaban J connectivity index is 1.63. The van der Waals surface area contributed by atoms with Gasteiger partial charge in [0.2, 0.25) is 5.91 Å². The SMILES string of the molecule is Cc1cccc(C)c1OCC(=O)Nc1ccc2c(c1)CN(C(=O)C(C)C)CC2. The number of fused-ring (bicyclic) bond motifs is 1. The number of amides is 2. The van der Waals surface area contributed by atoms with Crippen LogP contribution in [0.1, 0.15) is 36.1 Å². The van der Waals surface area contributed by atoms with Crippen molar-refractivity contribution in [3.05, 3.63) is 58.7 Å². The molecule has 0 aromatic heterocycles. The van der Waals surface area contributed by atoms with Crippen LogP contribution in [-0.4, -0.2) is 29.9 Å². The van der Waals surface area contributed by atoms with E-state index in [1.165, 1.54) is 5.56 Å². The third-order valence-electron chi connectivity index (χ3n) is 5.06. The van der Waals surface area contributed by atoms with Gasteiger partial charge in [-0.1, -0.05) is 38.1 Å². The minimum absolute atomic E-state index is 0.00789. The Kier molecular flexibility index (Phi) is 6.02. The molecule has 0 radical (unpaired) electrons. The number of aryl methyl sites for hydroxylation is 2. The number of benzene rings is 2. The second-order valence-electron chi connectivity index (χ2n) is 7.71. The predicted octanol–water partition coefficient (Wildman–Crippen LogP) is 3.86. The fraction of sp³-hybridized carbons (Fsp3) is 0.391.